The Labute approximate surface area is 121 Å². The Balaban J connectivity index is -0.00000000800. The quantitative estimate of drug-likeness (QED) is 0.305. The Morgan fingerprint density at radius 2 is 0.818 bits per heavy atom. The maximum atomic E-state index is 8.56. The molecule has 0 aliphatic heterocycles. The van der Waals surface area contributed by atoms with Crippen molar-refractivity contribution >= 4 is 12.3 Å². The molecule has 0 spiro atoms. The summed E-state index contributed by atoms with van der Waals surface area (Å²) in [5, 5.41) is 27.9. The Kier molecular flexibility index (Phi) is 60.4. The van der Waals surface area contributed by atoms with Crippen LogP contribution >= 0.6 is 0 Å². The molecule has 0 heterocycles. The molecule has 0 atom stereocenters. The fourth-order valence-corrected chi connectivity index (χ4v) is 0. The summed E-state index contributed by atoms with van der Waals surface area (Å²) in [4.78, 5) is 17.1. The van der Waals surface area contributed by atoms with Gasteiger partial charge in [-0.3, -0.25) is 0 Å². The number of hydrogen-bond acceptors (Lipinski definition) is 2. The van der Waals surface area contributed by atoms with E-state index in [4.69, 9.17) is 30.0 Å². The number of carbonyl (C=O) groups is 2. The van der Waals surface area contributed by atoms with Gasteiger partial charge < -0.3 is 23.3 Å². The van der Waals surface area contributed by atoms with Crippen molar-refractivity contribution in [2.45, 2.75) is 0 Å². The van der Waals surface area contributed by atoms with Gasteiger partial charge in [-0.1, -0.05) is 0 Å². The van der Waals surface area contributed by atoms with E-state index >= 15 is 0 Å². The van der Waals surface area contributed by atoms with Crippen molar-refractivity contribution in [3.63, 3.8) is 0 Å². The molecule has 0 saturated carbocycles. The van der Waals surface area contributed by atoms with Crippen molar-refractivity contribution in [2.75, 3.05) is 0 Å². The van der Waals surface area contributed by atoms with Gasteiger partial charge in [0, 0.05) is 18.6 Å². The van der Waals surface area contributed by atoms with Gasteiger partial charge in [-0.05, 0) is 0 Å². The van der Waals surface area contributed by atoms with Gasteiger partial charge in [0.15, 0.2) is 0 Å². The molecule has 0 aromatic carbocycles. The standard InChI is InChI=1S/2CH2O3.2Na.V.2H/c2*2-1(3)4;;;;;/h2*(H2,2,3,4);;;;;/q;;2*+1;;2*-1. The van der Waals surface area contributed by atoms with E-state index in [1.54, 1.807) is 0 Å². The number of rotatable bonds is 0. The summed E-state index contributed by atoms with van der Waals surface area (Å²) in [5.74, 6) is 0. The van der Waals surface area contributed by atoms with Gasteiger partial charge in [0.2, 0.25) is 0 Å². The van der Waals surface area contributed by atoms with Crippen LogP contribution in [-0.4, -0.2) is 32.7 Å². The Morgan fingerprint density at radius 1 is 0.818 bits per heavy atom. The van der Waals surface area contributed by atoms with E-state index in [1.807, 2.05) is 0 Å². The summed E-state index contributed by atoms with van der Waals surface area (Å²) in [6.45, 7) is 0. The van der Waals surface area contributed by atoms with Crippen LogP contribution < -0.4 is 59.1 Å². The Bertz CT molecular complexity index is 84.6. The minimum absolute atomic E-state index is 0. The molecular formula is C2H6Na2O6V. The predicted octanol–water partition coefficient (Wildman–Crippen LogP) is -5.32. The van der Waals surface area contributed by atoms with Crippen LogP contribution in [0.15, 0.2) is 0 Å². The second kappa shape index (κ2) is 22.5. The van der Waals surface area contributed by atoms with E-state index in [1.165, 1.54) is 0 Å². The molecule has 0 bridgehead atoms. The maximum absolute atomic E-state index is 8.56. The SMILES string of the molecule is O=C(O)O.O=C(O)O.[H-].[H-].[Na+].[Na+].[V]. The molecule has 6 nitrogen and oxygen atoms in total. The van der Waals surface area contributed by atoms with Gasteiger partial charge in [-0.25, -0.2) is 9.59 Å². The molecule has 0 unspecified atom stereocenters. The van der Waals surface area contributed by atoms with Crippen LogP contribution in [0.4, 0.5) is 9.59 Å². The summed E-state index contributed by atoms with van der Waals surface area (Å²) in [6.07, 6.45) is -3.67. The zero-order valence-electron chi connectivity index (χ0n) is 8.05. The summed E-state index contributed by atoms with van der Waals surface area (Å²) >= 11 is 0. The second-order valence-corrected chi connectivity index (χ2v) is 0.565. The summed E-state index contributed by atoms with van der Waals surface area (Å²) in [7, 11) is 0. The number of carboxylic acid groups (broad SMARTS) is 4. The van der Waals surface area contributed by atoms with Crippen LogP contribution in [0.2, 0.25) is 0 Å². The normalized spacial score (nSPS) is 4.36. The third kappa shape index (κ3) is 733. The number of hydrogen-bond donors (Lipinski definition) is 4. The topological polar surface area (TPSA) is 115 Å². The minimum atomic E-state index is -1.83. The summed E-state index contributed by atoms with van der Waals surface area (Å²) < 4.78 is 0. The fraction of sp³-hybridized carbons (Fsp3) is 0. The first-order valence-corrected chi connectivity index (χ1v) is 1.30. The van der Waals surface area contributed by atoms with Gasteiger partial charge >= 0.3 is 71.4 Å². The first-order chi connectivity index (χ1) is 3.46. The van der Waals surface area contributed by atoms with Crippen molar-refractivity contribution in [2.24, 2.45) is 0 Å². The first-order valence-electron chi connectivity index (χ1n) is 1.30. The largest absolute Gasteiger partial charge is 1.00 e. The smallest absolute Gasteiger partial charge is 1.00 e. The zero-order valence-corrected chi connectivity index (χ0v) is 11.4. The van der Waals surface area contributed by atoms with Crippen LogP contribution in [0.25, 0.3) is 0 Å². The third-order valence-corrected chi connectivity index (χ3v) is 0. The van der Waals surface area contributed by atoms with Gasteiger partial charge in [0.1, 0.15) is 0 Å². The molecule has 0 aromatic heterocycles. The van der Waals surface area contributed by atoms with Crippen molar-refractivity contribution in [1.29, 1.82) is 0 Å². The molecule has 11 heavy (non-hydrogen) atoms. The molecule has 0 rings (SSSR count). The van der Waals surface area contributed by atoms with E-state index < -0.39 is 12.3 Å². The van der Waals surface area contributed by atoms with Crippen molar-refractivity contribution in [3.05, 3.63) is 0 Å². The monoisotopic (exact) mass is 223 g/mol. The molecule has 0 aliphatic carbocycles. The van der Waals surface area contributed by atoms with Crippen LogP contribution in [-0.2, 0) is 18.6 Å². The van der Waals surface area contributed by atoms with Crippen LogP contribution in [0.5, 0.6) is 0 Å². The molecule has 57 valence electrons. The van der Waals surface area contributed by atoms with E-state index in [-0.39, 0.29) is 80.5 Å². The molecular weight excluding hydrogens is 217 g/mol. The fourth-order valence-electron chi connectivity index (χ4n) is 0. The molecule has 9 heteroatoms. The van der Waals surface area contributed by atoms with E-state index in [0.717, 1.165) is 0 Å². The predicted molar refractivity (Wildman–Crippen MR) is 23.5 cm³/mol. The Hall–Kier alpha value is 1.12. The molecule has 1 radical (unpaired) electrons. The third-order valence-electron chi connectivity index (χ3n) is 0. The van der Waals surface area contributed by atoms with E-state index in [0.29, 0.717) is 0 Å². The van der Waals surface area contributed by atoms with Crippen molar-refractivity contribution in [3.8, 4) is 0 Å². The maximum Gasteiger partial charge on any atom is 1.00 e. The van der Waals surface area contributed by atoms with Gasteiger partial charge in [0.25, 0.3) is 0 Å². The van der Waals surface area contributed by atoms with Crippen LogP contribution in [0.1, 0.15) is 2.85 Å². The average molecular weight is 223 g/mol. The molecule has 0 fully saturated rings. The molecule has 4 N–H and O–H groups in total. The Morgan fingerprint density at radius 3 is 0.818 bits per heavy atom. The summed E-state index contributed by atoms with van der Waals surface area (Å²) in [5.41, 5.74) is 0. The average Bonchev–Trinajstić information content (AvgIpc) is 1.25. The first kappa shape index (κ1) is 29.6. The van der Waals surface area contributed by atoms with Gasteiger partial charge in [-0.2, -0.15) is 0 Å². The minimum Gasteiger partial charge on any atom is -1.00 e. The second-order valence-electron chi connectivity index (χ2n) is 0.565. The van der Waals surface area contributed by atoms with Crippen LogP contribution in [0.3, 0.4) is 0 Å². The molecule has 0 amide bonds. The van der Waals surface area contributed by atoms with Crippen LogP contribution in [0, 0.1) is 0 Å². The molecule has 0 saturated heterocycles. The van der Waals surface area contributed by atoms with Gasteiger partial charge in [-0.15, -0.1) is 0 Å². The van der Waals surface area contributed by atoms with Crippen molar-refractivity contribution < 1.29 is 111 Å². The molecule has 0 aromatic rings. The summed E-state index contributed by atoms with van der Waals surface area (Å²) in [6, 6.07) is 0. The van der Waals surface area contributed by atoms with E-state index in [9.17, 15) is 0 Å². The zero-order chi connectivity index (χ0) is 7.15. The van der Waals surface area contributed by atoms with Crippen molar-refractivity contribution in [1.82, 2.24) is 0 Å². The molecule has 0 aliphatic rings. The van der Waals surface area contributed by atoms with E-state index in [2.05, 4.69) is 0 Å². The van der Waals surface area contributed by atoms with Gasteiger partial charge in [0.05, 0.1) is 0 Å².